The van der Waals surface area contributed by atoms with Gasteiger partial charge in [-0.2, -0.15) is 8.42 Å². The highest BCUT2D eigenvalue weighted by Gasteiger charge is 2.60. The van der Waals surface area contributed by atoms with Crippen molar-refractivity contribution in [3.8, 4) is 0 Å². The number of thioether (sulfide) groups is 1. The molecule has 2 fully saturated rings. The Bertz CT molecular complexity index is 1570. The van der Waals surface area contributed by atoms with Gasteiger partial charge in [-0.3, -0.25) is 19.0 Å². The van der Waals surface area contributed by atoms with Crippen LogP contribution < -0.4 is 0 Å². The molecule has 0 bridgehead atoms. The van der Waals surface area contributed by atoms with Gasteiger partial charge in [0.05, 0.1) is 28.4 Å². The van der Waals surface area contributed by atoms with Crippen molar-refractivity contribution in [1.82, 2.24) is 9.80 Å². The minimum absolute atomic E-state index is 0.0741. The average molecular weight is 679 g/mol. The lowest BCUT2D eigenvalue weighted by molar-refractivity contribution is -0.175. The Hall–Kier alpha value is -3.30. The summed E-state index contributed by atoms with van der Waals surface area (Å²) < 4.78 is 52.7. The van der Waals surface area contributed by atoms with E-state index in [2.05, 4.69) is 4.90 Å². The van der Waals surface area contributed by atoms with Crippen LogP contribution in [0.1, 0.15) is 40.2 Å². The fourth-order valence-corrected chi connectivity index (χ4v) is 7.52. The maximum absolute atomic E-state index is 13.2. The number of aliphatic hydroxyl groups excluding tert-OH is 1. The molecule has 3 heterocycles. The molecule has 2 aromatic rings. The van der Waals surface area contributed by atoms with Crippen LogP contribution in [-0.2, 0) is 40.5 Å². The van der Waals surface area contributed by atoms with Crippen LogP contribution in [0.3, 0.4) is 0 Å². The SMILES string of the molecule is C[C@@H](O)[C@H]1C(=O)N2C(C(=O)OCOC(=O)C(C)(C)C)=C(SC3CN(Cc4ccc(F)cc4)C3)[C@H](C)[C@H]12.O=S(=O)(O)c1ccccc1. The zero-order chi connectivity index (χ0) is 34.0. The summed E-state index contributed by atoms with van der Waals surface area (Å²) in [6.07, 6.45) is -0.828. The van der Waals surface area contributed by atoms with Crippen molar-refractivity contribution < 1.29 is 46.3 Å². The Morgan fingerprint density at radius 3 is 2.20 bits per heavy atom. The first kappa shape index (κ1) is 35.6. The zero-order valence-corrected chi connectivity index (χ0v) is 27.9. The van der Waals surface area contributed by atoms with Crippen LogP contribution in [-0.4, -0.2) is 83.0 Å². The van der Waals surface area contributed by atoms with E-state index in [1.54, 1.807) is 69.8 Å². The molecule has 2 aromatic carbocycles. The molecular formula is C32H39FN2O9S2. The molecule has 2 N–H and O–H groups in total. The van der Waals surface area contributed by atoms with E-state index < -0.39 is 46.3 Å². The number of likely N-dealkylation sites (tertiary alicyclic amines) is 1. The molecule has 0 radical (unpaired) electrons. The zero-order valence-electron chi connectivity index (χ0n) is 26.3. The molecule has 0 aliphatic carbocycles. The van der Waals surface area contributed by atoms with E-state index in [-0.39, 0.29) is 39.5 Å². The van der Waals surface area contributed by atoms with E-state index in [4.69, 9.17) is 14.0 Å². The molecule has 3 aliphatic heterocycles. The summed E-state index contributed by atoms with van der Waals surface area (Å²) in [4.78, 5) is 42.3. The summed E-state index contributed by atoms with van der Waals surface area (Å²) in [5.74, 6) is -2.49. The number of ether oxygens (including phenoxy) is 2. The maximum Gasteiger partial charge on any atom is 0.358 e. The molecule has 0 spiro atoms. The fraction of sp³-hybridized carbons (Fsp3) is 0.469. The summed E-state index contributed by atoms with van der Waals surface area (Å²) in [6.45, 7) is 10.4. The topological polar surface area (TPSA) is 151 Å². The molecule has 1 amide bonds. The number of aliphatic hydroxyl groups is 1. The maximum atomic E-state index is 13.2. The largest absolute Gasteiger partial charge is 0.427 e. The first-order chi connectivity index (χ1) is 21.5. The van der Waals surface area contributed by atoms with Gasteiger partial charge in [-0.25, -0.2) is 9.18 Å². The van der Waals surface area contributed by atoms with E-state index in [0.29, 0.717) is 6.54 Å². The Balaban J connectivity index is 0.000000409. The molecule has 4 atom stereocenters. The number of halogens is 1. The monoisotopic (exact) mass is 678 g/mol. The lowest BCUT2D eigenvalue weighted by atomic mass is 9.79. The van der Waals surface area contributed by atoms with Gasteiger partial charge in [-0.15, -0.1) is 11.8 Å². The number of hydrogen-bond donors (Lipinski definition) is 2. The molecule has 250 valence electrons. The van der Waals surface area contributed by atoms with E-state index in [1.807, 2.05) is 6.92 Å². The van der Waals surface area contributed by atoms with Gasteiger partial charge < -0.3 is 19.5 Å². The third-order valence-electron chi connectivity index (χ3n) is 7.87. The smallest absolute Gasteiger partial charge is 0.358 e. The van der Waals surface area contributed by atoms with Crippen LogP contribution in [0.4, 0.5) is 4.39 Å². The van der Waals surface area contributed by atoms with E-state index >= 15 is 0 Å². The van der Waals surface area contributed by atoms with Gasteiger partial charge in [0, 0.05) is 35.7 Å². The number of amides is 1. The van der Waals surface area contributed by atoms with Crippen LogP contribution in [0.5, 0.6) is 0 Å². The van der Waals surface area contributed by atoms with E-state index in [9.17, 15) is 32.3 Å². The number of nitrogens with zero attached hydrogens (tertiary/aromatic N) is 2. The summed E-state index contributed by atoms with van der Waals surface area (Å²) in [7, 11) is -4.00. The fourth-order valence-electron chi connectivity index (χ4n) is 5.44. The van der Waals surface area contributed by atoms with Crippen molar-refractivity contribution in [3.63, 3.8) is 0 Å². The third-order valence-corrected chi connectivity index (χ3v) is 10.2. The van der Waals surface area contributed by atoms with Gasteiger partial charge in [0.25, 0.3) is 10.1 Å². The number of carbonyl (C=O) groups is 3. The summed E-state index contributed by atoms with van der Waals surface area (Å²) in [5.41, 5.74) is 0.474. The summed E-state index contributed by atoms with van der Waals surface area (Å²) in [6, 6.07) is 13.5. The second-order valence-corrected chi connectivity index (χ2v) is 15.3. The minimum Gasteiger partial charge on any atom is -0.427 e. The Kier molecular flexibility index (Phi) is 11.0. The predicted molar refractivity (Wildman–Crippen MR) is 168 cm³/mol. The van der Waals surface area contributed by atoms with Crippen LogP contribution in [0, 0.1) is 23.1 Å². The van der Waals surface area contributed by atoms with Gasteiger partial charge >= 0.3 is 11.9 Å². The molecule has 3 aliphatic rings. The lowest BCUT2D eigenvalue weighted by Crippen LogP contribution is -2.63. The van der Waals surface area contributed by atoms with Crippen molar-refractivity contribution in [2.24, 2.45) is 17.3 Å². The van der Waals surface area contributed by atoms with Crippen molar-refractivity contribution in [3.05, 3.63) is 76.6 Å². The van der Waals surface area contributed by atoms with Crippen molar-refractivity contribution >= 4 is 39.7 Å². The number of fused-ring (bicyclic) bond motifs is 1. The second-order valence-electron chi connectivity index (χ2n) is 12.5. The minimum atomic E-state index is -4.00. The quantitative estimate of drug-likeness (QED) is 0.172. The van der Waals surface area contributed by atoms with Crippen LogP contribution in [0.25, 0.3) is 0 Å². The lowest BCUT2D eigenvalue weighted by Gasteiger charge is -2.46. The van der Waals surface area contributed by atoms with E-state index in [0.717, 1.165) is 23.6 Å². The number of benzene rings is 2. The molecule has 5 rings (SSSR count). The second kappa shape index (κ2) is 14.2. The molecule has 11 nitrogen and oxygen atoms in total. The number of rotatable bonds is 9. The van der Waals surface area contributed by atoms with E-state index in [1.165, 1.54) is 29.2 Å². The Morgan fingerprint density at radius 2 is 1.67 bits per heavy atom. The Labute approximate surface area is 272 Å². The summed E-state index contributed by atoms with van der Waals surface area (Å²) in [5, 5.41) is 10.4. The number of hydrogen-bond acceptors (Lipinski definition) is 10. The highest BCUT2D eigenvalue weighted by atomic mass is 32.2. The third kappa shape index (κ3) is 8.15. The first-order valence-corrected chi connectivity index (χ1v) is 17.1. The highest BCUT2D eigenvalue weighted by molar-refractivity contribution is 8.03. The van der Waals surface area contributed by atoms with Gasteiger partial charge in [0.15, 0.2) is 0 Å². The average Bonchev–Trinajstić information content (AvgIpc) is 3.20. The van der Waals surface area contributed by atoms with Crippen LogP contribution in [0.2, 0.25) is 0 Å². The number of carbonyl (C=O) groups excluding carboxylic acids is 3. The van der Waals surface area contributed by atoms with Crippen molar-refractivity contribution in [2.45, 2.75) is 63.5 Å². The molecule has 0 aromatic heterocycles. The number of β-lactam (4-membered cyclic amide) rings is 1. The van der Waals surface area contributed by atoms with Gasteiger partial charge in [0.2, 0.25) is 12.7 Å². The predicted octanol–water partition coefficient (Wildman–Crippen LogP) is 3.84. The first-order valence-electron chi connectivity index (χ1n) is 14.7. The molecular weight excluding hydrogens is 639 g/mol. The molecule has 0 unspecified atom stereocenters. The molecule has 46 heavy (non-hydrogen) atoms. The molecule has 2 saturated heterocycles. The standard InChI is InChI=1S/C26H33FN2O6S.C6H6O3S/c1-14-20-19(15(2)30)23(31)29(20)21(24(32)34-13-35-25(33)26(3,4)5)22(14)36-18-11-28(12-18)10-16-6-8-17(27)9-7-16;7-10(8,9)6-4-2-1-3-5-6/h6-9,14-15,18-20,30H,10-13H2,1-5H3;1-5H,(H,7,8,9)/t14-,15-,19-,20-;/m1./s1. The summed E-state index contributed by atoms with van der Waals surface area (Å²) >= 11 is 1.56. The highest BCUT2D eigenvalue weighted by Crippen LogP contribution is 2.52. The normalized spacial score (nSPS) is 22.2. The van der Waals surface area contributed by atoms with Gasteiger partial charge in [-0.05, 0) is 57.5 Å². The van der Waals surface area contributed by atoms with Crippen molar-refractivity contribution in [1.29, 1.82) is 0 Å². The van der Waals surface area contributed by atoms with Crippen molar-refractivity contribution in [2.75, 3.05) is 19.9 Å². The van der Waals surface area contributed by atoms with Crippen LogP contribution >= 0.6 is 11.8 Å². The van der Waals surface area contributed by atoms with Gasteiger partial charge in [0.1, 0.15) is 11.5 Å². The molecule has 0 saturated carbocycles. The molecule has 14 heteroatoms. The van der Waals surface area contributed by atoms with Gasteiger partial charge in [-0.1, -0.05) is 37.3 Å². The van der Waals surface area contributed by atoms with Crippen LogP contribution in [0.15, 0.2) is 70.1 Å². The number of esters is 2. The Morgan fingerprint density at radius 1 is 1.07 bits per heavy atom.